The number of hydrogen-bond acceptors (Lipinski definition) is 5. The van der Waals surface area contributed by atoms with Gasteiger partial charge in [-0.2, -0.15) is 0 Å². The minimum atomic E-state index is -0.353. The molecule has 0 unspecified atom stereocenters. The summed E-state index contributed by atoms with van der Waals surface area (Å²) in [4.78, 5) is 10.6. The lowest BCUT2D eigenvalue weighted by Gasteiger charge is -2.44. The Morgan fingerprint density at radius 1 is 1.48 bits per heavy atom. The monoisotopic (exact) mass is 291 g/mol. The van der Waals surface area contributed by atoms with Crippen molar-refractivity contribution in [3.05, 3.63) is 33.9 Å². The fourth-order valence-electron chi connectivity index (χ4n) is 3.62. The summed E-state index contributed by atoms with van der Waals surface area (Å²) in [6.45, 7) is 5.11. The highest BCUT2D eigenvalue weighted by molar-refractivity contribution is 5.60. The average Bonchev–Trinajstić information content (AvgIpc) is 2.95. The van der Waals surface area contributed by atoms with Gasteiger partial charge in [-0.05, 0) is 24.6 Å². The molecular formula is C15H21N3O3. The van der Waals surface area contributed by atoms with E-state index in [0.717, 1.165) is 24.2 Å². The lowest BCUT2D eigenvalue weighted by molar-refractivity contribution is -0.384. The predicted molar refractivity (Wildman–Crippen MR) is 80.2 cm³/mol. The van der Waals surface area contributed by atoms with Crippen molar-refractivity contribution in [1.82, 2.24) is 5.32 Å². The zero-order chi connectivity index (χ0) is 15.2. The molecule has 1 fully saturated rings. The van der Waals surface area contributed by atoms with Crippen molar-refractivity contribution in [2.75, 3.05) is 18.5 Å². The normalized spacial score (nSPS) is 27.7. The van der Waals surface area contributed by atoms with Crippen molar-refractivity contribution in [1.29, 1.82) is 0 Å². The van der Waals surface area contributed by atoms with Crippen LogP contribution in [0.2, 0.25) is 0 Å². The number of nitro groups is 1. The SMILES string of the molecule is CC(C)(CO)[C@H]1Nc2ccc([N+](=O)[O-])cc2[C@H]2NCC[C@H]21. The summed E-state index contributed by atoms with van der Waals surface area (Å²) in [6, 6.07) is 5.25. The van der Waals surface area contributed by atoms with Gasteiger partial charge in [-0.3, -0.25) is 10.1 Å². The first-order valence-corrected chi connectivity index (χ1v) is 7.33. The Kier molecular flexibility index (Phi) is 3.37. The maximum atomic E-state index is 11.0. The number of benzene rings is 1. The zero-order valence-corrected chi connectivity index (χ0v) is 12.3. The van der Waals surface area contributed by atoms with Crippen LogP contribution in [0.25, 0.3) is 0 Å². The van der Waals surface area contributed by atoms with Gasteiger partial charge in [0.1, 0.15) is 0 Å². The van der Waals surface area contributed by atoms with E-state index in [0.29, 0.717) is 5.92 Å². The number of anilines is 1. The van der Waals surface area contributed by atoms with Crippen molar-refractivity contribution >= 4 is 11.4 Å². The molecule has 1 aromatic carbocycles. The molecule has 6 nitrogen and oxygen atoms in total. The van der Waals surface area contributed by atoms with Crippen LogP contribution in [-0.2, 0) is 0 Å². The van der Waals surface area contributed by atoms with Gasteiger partial charge < -0.3 is 15.7 Å². The Morgan fingerprint density at radius 2 is 2.24 bits per heavy atom. The van der Waals surface area contributed by atoms with E-state index in [1.54, 1.807) is 12.1 Å². The largest absolute Gasteiger partial charge is 0.396 e. The summed E-state index contributed by atoms with van der Waals surface area (Å²) < 4.78 is 0. The molecule has 2 heterocycles. The molecule has 0 amide bonds. The quantitative estimate of drug-likeness (QED) is 0.586. The van der Waals surface area contributed by atoms with Crippen molar-refractivity contribution in [2.45, 2.75) is 32.4 Å². The van der Waals surface area contributed by atoms with E-state index in [-0.39, 0.29) is 34.7 Å². The van der Waals surface area contributed by atoms with Crippen LogP contribution >= 0.6 is 0 Å². The van der Waals surface area contributed by atoms with E-state index >= 15 is 0 Å². The molecule has 6 heteroatoms. The smallest absolute Gasteiger partial charge is 0.269 e. The van der Waals surface area contributed by atoms with Gasteiger partial charge in [0.05, 0.1) is 11.5 Å². The minimum Gasteiger partial charge on any atom is -0.396 e. The highest BCUT2D eigenvalue weighted by Gasteiger charge is 2.45. The van der Waals surface area contributed by atoms with Gasteiger partial charge in [0.15, 0.2) is 0 Å². The van der Waals surface area contributed by atoms with Crippen LogP contribution in [-0.4, -0.2) is 29.2 Å². The molecular weight excluding hydrogens is 270 g/mol. The summed E-state index contributed by atoms with van der Waals surface area (Å²) in [6.07, 6.45) is 1.01. The Hall–Kier alpha value is -1.66. The zero-order valence-electron chi connectivity index (χ0n) is 12.3. The number of aliphatic hydroxyl groups excluding tert-OH is 1. The molecule has 2 aliphatic rings. The van der Waals surface area contributed by atoms with Crippen LogP contribution in [0.5, 0.6) is 0 Å². The first-order valence-electron chi connectivity index (χ1n) is 7.33. The molecule has 3 atom stereocenters. The van der Waals surface area contributed by atoms with E-state index in [4.69, 9.17) is 0 Å². The molecule has 0 bridgehead atoms. The lowest BCUT2D eigenvalue weighted by Crippen LogP contribution is -2.48. The number of nitrogens with zero attached hydrogens (tertiary/aromatic N) is 1. The van der Waals surface area contributed by atoms with Gasteiger partial charge >= 0.3 is 0 Å². The van der Waals surface area contributed by atoms with Crippen LogP contribution in [0.4, 0.5) is 11.4 Å². The summed E-state index contributed by atoms with van der Waals surface area (Å²) in [7, 11) is 0. The number of aliphatic hydroxyl groups is 1. The highest BCUT2D eigenvalue weighted by Crippen LogP contribution is 2.46. The number of non-ortho nitro benzene ring substituents is 1. The molecule has 3 rings (SSSR count). The molecule has 114 valence electrons. The Labute approximate surface area is 123 Å². The summed E-state index contributed by atoms with van der Waals surface area (Å²) >= 11 is 0. The van der Waals surface area contributed by atoms with E-state index in [9.17, 15) is 15.2 Å². The predicted octanol–water partition coefficient (Wildman–Crippen LogP) is 2.06. The average molecular weight is 291 g/mol. The number of fused-ring (bicyclic) bond motifs is 3. The van der Waals surface area contributed by atoms with E-state index in [1.165, 1.54) is 6.07 Å². The van der Waals surface area contributed by atoms with Gasteiger partial charge in [0.25, 0.3) is 5.69 Å². The Balaban J connectivity index is 2.03. The van der Waals surface area contributed by atoms with Gasteiger partial charge in [-0.15, -0.1) is 0 Å². The molecule has 2 aliphatic heterocycles. The fourth-order valence-corrected chi connectivity index (χ4v) is 3.62. The maximum Gasteiger partial charge on any atom is 0.269 e. The van der Waals surface area contributed by atoms with Gasteiger partial charge in [0.2, 0.25) is 0 Å². The topological polar surface area (TPSA) is 87.4 Å². The molecule has 0 spiro atoms. The first-order chi connectivity index (χ1) is 9.94. The second-order valence-corrected chi connectivity index (χ2v) is 6.68. The number of rotatable bonds is 3. The second kappa shape index (κ2) is 4.96. The maximum absolute atomic E-state index is 11.0. The molecule has 3 N–H and O–H groups in total. The number of nitro benzene ring substituents is 1. The van der Waals surface area contributed by atoms with Crippen LogP contribution in [0.1, 0.15) is 31.9 Å². The summed E-state index contributed by atoms with van der Waals surface area (Å²) in [5.41, 5.74) is 1.79. The third-order valence-electron chi connectivity index (χ3n) is 4.84. The molecule has 1 aromatic rings. The van der Waals surface area contributed by atoms with Crippen molar-refractivity contribution in [2.24, 2.45) is 11.3 Å². The second-order valence-electron chi connectivity index (χ2n) is 6.68. The Morgan fingerprint density at radius 3 is 2.90 bits per heavy atom. The van der Waals surface area contributed by atoms with Crippen LogP contribution < -0.4 is 10.6 Å². The van der Waals surface area contributed by atoms with Gasteiger partial charge in [-0.25, -0.2) is 0 Å². The third kappa shape index (κ3) is 2.28. The van der Waals surface area contributed by atoms with Crippen LogP contribution in [0.15, 0.2) is 18.2 Å². The van der Waals surface area contributed by atoms with Gasteiger partial charge in [-0.1, -0.05) is 13.8 Å². The number of hydrogen-bond donors (Lipinski definition) is 3. The number of nitrogens with one attached hydrogen (secondary N) is 2. The van der Waals surface area contributed by atoms with Crippen LogP contribution in [0.3, 0.4) is 0 Å². The van der Waals surface area contributed by atoms with Gasteiger partial charge in [0, 0.05) is 41.2 Å². The van der Waals surface area contributed by atoms with E-state index in [1.807, 2.05) is 0 Å². The standard InChI is InChI=1S/C15H21N3O3/c1-15(2,8-19)14-10-5-6-16-13(10)11-7-9(18(20)21)3-4-12(11)17-14/h3-4,7,10,13-14,16-17,19H,5-6,8H2,1-2H3/t10-,13+,14+/m1/s1. The van der Waals surface area contributed by atoms with Crippen molar-refractivity contribution in [3.63, 3.8) is 0 Å². The lowest BCUT2D eigenvalue weighted by atomic mass is 9.71. The first kappa shape index (κ1) is 14.3. The molecule has 0 saturated carbocycles. The van der Waals surface area contributed by atoms with Crippen LogP contribution in [0, 0.1) is 21.4 Å². The molecule has 0 radical (unpaired) electrons. The van der Waals surface area contributed by atoms with E-state index in [2.05, 4.69) is 24.5 Å². The minimum absolute atomic E-state index is 0.107. The molecule has 0 aliphatic carbocycles. The molecule has 21 heavy (non-hydrogen) atoms. The summed E-state index contributed by atoms with van der Waals surface area (Å²) in [5.74, 6) is 0.335. The Bertz CT molecular complexity index is 573. The van der Waals surface area contributed by atoms with E-state index < -0.39 is 0 Å². The third-order valence-corrected chi connectivity index (χ3v) is 4.84. The van der Waals surface area contributed by atoms with Crippen molar-refractivity contribution in [3.8, 4) is 0 Å². The van der Waals surface area contributed by atoms with Crippen molar-refractivity contribution < 1.29 is 10.0 Å². The highest BCUT2D eigenvalue weighted by atomic mass is 16.6. The molecule has 0 aromatic heterocycles. The fraction of sp³-hybridized carbons (Fsp3) is 0.600. The summed E-state index contributed by atoms with van der Waals surface area (Å²) in [5, 5.41) is 27.6. The molecule has 1 saturated heterocycles.